The number of rotatable bonds is 6. The van der Waals surface area contributed by atoms with Crippen molar-refractivity contribution in [2.24, 2.45) is 0 Å². The third-order valence-corrected chi connectivity index (χ3v) is 4.28. The molecule has 2 aromatic rings. The number of thiophene rings is 1. The van der Waals surface area contributed by atoms with E-state index in [0.29, 0.717) is 17.7 Å². The standard InChI is InChI=1S/C17H20N2O3S/c1-19(2)15(14-8-9-23-11-14)10-18-16(20)12-4-6-13(7-5-12)17(21)22-3/h4-9,11,15H,10H2,1-3H3,(H,18,20)/t15-/m1/s1. The van der Waals surface area contributed by atoms with Crippen molar-refractivity contribution in [1.82, 2.24) is 10.2 Å². The molecule has 1 N–H and O–H groups in total. The van der Waals surface area contributed by atoms with Gasteiger partial charge < -0.3 is 15.0 Å². The van der Waals surface area contributed by atoms with E-state index in [1.165, 1.54) is 12.7 Å². The molecule has 1 atom stereocenters. The van der Waals surface area contributed by atoms with Crippen LogP contribution in [0, 0.1) is 0 Å². The van der Waals surface area contributed by atoms with Gasteiger partial charge in [-0.25, -0.2) is 4.79 Å². The molecule has 0 aliphatic heterocycles. The van der Waals surface area contributed by atoms with Gasteiger partial charge in [-0.05, 0) is 60.8 Å². The SMILES string of the molecule is COC(=O)c1ccc(C(=O)NC[C@H](c2ccsc2)N(C)C)cc1. The van der Waals surface area contributed by atoms with Crippen molar-refractivity contribution in [2.45, 2.75) is 6.04 Å². The Morgan fingerprint density at radius 2 is 1.83 bits per heavy atom. The lowest BCUT2D eigenvalue weighted by atomic mass is 10.1. The Labute approximate surface area is 139 Å². The predicted octanol–water partition coefficient (Wildman–Crippen LogP) is 2.57. The first-order chi connectivity index (χ1) is 11.0. The van der Waals surface area contributed by atoms with Crippen molar-refractivity contribution < 1.29 is 14.3 Å². The van der Waals surface area contributed by atoms with Crippen molar-refractivity contribution in [3.05, 3.63) is 57.8 Å². The minimum absolute atomic E-state index is 0.125. The number of methoxy groups -OCH3 is 1. The van der Waals surface area contributed by atoms with E-state index in [1.54, 1.807) is 35.6 Å². The van der Waals surface area contributed by atoms with Gasteiger partial charge in [0.1, 0.15) is 0 Å². The van der Waals surface area contributed by atoms with Gasteiger partial charge >= 0.3 is 5.97 Å². The zero-order chi connectivity index (χ0) is 16.8. The van der Waals surface area contributed by atoms with E-state index in [1.807, 2.05) is 19.5 Å². The number of hydrogen-bond donors (Lipinski definition) is 1. The average Bonchev–Trinajstić information content (AvgIpc) is 3.08. The van der Waals surface area contributed by atoms with Crippen LogP contribution in [0.1, 0.15) is 32.3 Å². The molecule has 23 heavy (non-hydrogen) atoms. The van der Waals surface area contributed by atoms with E-state index in [9.17, 15) is 9.59 Å². The molecule has 0 saturated heterocycles. The Morgan fingerprint density at radius 3 is 2.35 bits per heavy atom. The summed E-state index contributed by atoms with van der Waals surface area (Å²) in [6.07, 6.45) is 0. The van der Waals surface area contributed by atoms with Crippen LogP contribution in [0.3, 0.4) is 0 Å². The van der Waals surface area contributed by atoms with Crippen molar-refractivity contribution in [2.75, 3.05) is 27.7 Å². The highest BCUT2D eigenvalue weighted by molar-refractivity contribution is 7.07. The van der Waals surface area contributed by atoms with E-state index >= 15 is 0 Å². The Bertz CT molecular complexity index is 651. The summed E-state index contributed by atoms with van der Waals surface area (Å²) in [7, 11) is 5.30. The number of carbonyl (C=O) groups is 2. The van der Waals surface area contributed by atoms with Crippen LogP contribution in [0.5, 0.6) is 0 Å². The summed E-state index contributed by atoms with van der Waals surface area (Å²) in [6, 6.07) is 8.60. The summed E-state index contributed by atoms with van der Waals surface area (Å²) in [6.45, 7) is 0.515. The lowest BCUT2D eigenvalue weighted by molar-refractivity contribution is 0.0600. The highest BCUT2D eigenvalue weighted by Gasteiger charge is 2.16. The smallest absolute Gasteiger partial charge is 0.337 e. The number of benzene rings is 1. The molecule has 0 bridgehead atoms. The number of likely N-dealkylation sites (N-methyl/N-ethyl adjacent to an activating group) is 1. The third kappa shape index (κ3) is 4.40. The highest BCUT2D eigenvalue weighted by atomic mass is 32.1. The molecular formula is C17H20N2O3S. The second kappa shape index (κ2) is 7.89. The maximum absolute atomic E-state index is 12.2. The van der Waals surface area contributed by atoms with Gasteiger partial charge in [0.15, 0.2) is 0 Å². The Balaban J connectivity index is 1.99. The topological polar surface area (TPSA) is 58.6 Å². The normalized spacial score (nSPS) is 12.0. The minimum Gasteiger partial charge on any atom is -0.465 e. The first-order valence-electron chi connectivity index (χ1n) is 7.18. The molecule has 6 heteroatoms. The maximum Gasteiger partial charge on any atom is 0.337 e. The Kier molecular flexibility index (Phi) is 5.90. The molecule has 2 rings (SSSR count). The van der Waals surface area contributed by atoms with Gasteiger partial charge in [0.25, 0.3) is 5.91 Å². The molecule has 1 aromatic heterocycles. The van der Waals surface area contributed by atoms with Gasteiger partial charge in [-0.1, -0.05) is 0 Å². The van der Waals surface area contributed by atoms with Crippen LogP contribution in [-0.2, 0) is 4.74 Å². The molecule has 0 aliphatic carbocycles. The summed E-state index contributed by atoms with van der Waals surface area (Å²) in [5.41, 5.74) is 2.12. The molecule has 0 spiro atoms. The second-order valence-electron chi connectivity index (χ2n) is 5.32. The maximum atomic E-state index is 12.2. The number of ether oxygens (including phenoxy) is 1. The fraction of sp³-hybridized carbons (Fsp3) is 0.294. The van der Waals surface area contributed by atoms with Crippen molar-refractivity contribution in [3.8, 4) is 0 Å². The van der Waals surface area contributed by atoms with Gasteiger partial charge in [-0.2, -0.15) is 11.3 Å². The van der Waals surface area contributed by atoms with Gasteiger partial charge in [-0.15, -0.1) is 0 Å². The number of amides is 1. The van der Waals surface area contributed by atoms with Crippen molar-refractivity contribution in [1.29, 1.82) is 0 Å². The molecule has 0 aliphatic rings. The van der Waals surface area contributed by atoms with Gasteiger partial charge in [0, 0.05) is 12.1 Å². The number of carbonyl (C=O) groups excluding carboxylic acids is 2. The van der Waals surface area contributed by atoms with Crippen LogP contribution in [0.2, 0.25) is 0 Å². The first kappa shape index (κ1) is 17.2. The molecule has 122 valence electrons. The van der Waals surface area contributed by atoms with Gasteiger partial charge in [-0.3, -0.25) is 4.79 Å². The number of nitrogens with zero attached hydrogens (tertiary/aromatic N) is 1. The summed E-state index contributed by atoms with van der Waals surface area (Å²) in [4.78, 5) is 25.7. The first-order valence-corrected chi connectivity index (χ1v) is 8.12. The lowest BCUT2D eigenvalue weighted by Crippen LogP contribution is -2.34. The third-order valence-electron chi connectivity index (χ3n) is 3.58. The lowest BCUT2D eigenvalue weighted by Gasteiger charge is -2.24. The zero-order valence-electron chi connectivity index (χ0n) is 13.4. The molecule has 0 saturated carbocycles. The van der Waals surface area contributed by atoms with Crippen LogP contribution < -0.4 is 5.32 Å². The summed E-state index contributed by atoms with van der Waals surface area (Å²) < 4.78 is 4.64. The number of hydrogen-bond acceptors (Lipinski definition) is 5. The number of nitrogens with one attached hydrogen (secondary N) is 1. The minimum atomic E-state index is -0.415. The summed E-state index contributed by atoms with van der Waals surface area (Å²) >= 11 is 1.64. The molecule has 1 heterocycles. The molecule has 0 fully saturated rings. The van der Waals surface area contributed by atoms with Gasteiger partial charge in [0.05, 0.1) is 18.7 Å². The van der Waals surface area contributed by atoms with E-state index in [4.69, 9.17) is 0 Å². The molecule has 0 radical (unpaired) electrons. The number of esters is 1. The zero-order valence-corrected chi connectivity index (χ0v) is 14.2. The highest BCUT2D eigenvalue weighted by Crippen LogP contribution is 2.20. The van der Waals surface area contributed by atoms with E-state index in [-0.39, 0.29) is 11.9 Å². The Hall–Kier alpha value is -2.18. The van der Waals surface area contributed by atoms with Crippen LogP contribution in [0.25, 0.3) is 0 Å². The van der Waals surface area contributed by atoms with Gasteiger partial charge in [0.2, 0.25) is 0 Å². The Morgan fingerprint density at radius 1 is 1.17 bits per heavy atom. The van der Waals surface area contributed by atoms with Crippen LogP contribution in [0.4, 0.5) is 0 Å². The fourth-order valence-electron chi connectivity index (χ4n) is 2.23. The average molecular weight is 332 g/mol. The largest absolute Gasteiger partial charge is 0.465 e. The van der Waals surface area contributed by atoms with Crippen molar-refractivity contribution >= 4 is 23.2 Å². The molecular weight excluding hydrogens is 312 g/mol. The predicted molar refractivity (Wildman–Crippen MR) is 90.9 cm³/mol. The summed E-state index contributed by atoms with van der Waals surface area (Å²) in [5.74, 6) is -0.578. The molecule has 5 nitrogen and oxygen atoms in total. The van der Waals surface area contributed by atoms with Crippen LogP contribution in [0.15, 0.2) is 41.1 Å². The molecule has 1 aromatic carbocycles. The van der Waals surface area contributed by atoms with Crippen molar-refractivity contribution in [3.63, 3.8) is 0 Å². The fourth-order valence-corrected chi connectivity index (χ4v) is 2.94. The summed E-state index contributed by atoms with van der Waals surface area (Å²) in [5, 5.41) is 7.05. The van der Waals surface area contributed by atoms with E-state index in [2.05, 4.69) is 26.4 Å². The van der Waals surface area contributed by atoms with E-state index in [0.717, 1.165) is 0 Å². The quantitative estimate of drug-likeness (QED) is 0.826. The molecule has 1 amide bonds. The second-order valence-corrected chi connectivity index (χ2v) is 6.10. The van der Waals surface area contributed by atoms with Crippen LogP contribution >= 0.6 is 11.3 Å². The molecule has 0 unspecified atom stereocenters. The van der Waals surface area contributed by atoms with E-state index < -0.39 is 5.97 Å². The monoisotopic (exact) mass is 332 g/mol. The van der Waals surface area contributed by atoms with Crippen LogP contribution in [-0.4, -0.2) is 44.5 Å².